The van der Waals surface area contributed by atoms with Gasteiger partial charge in [-0.05, 0) is 36.8 Å². The molecule has 0 aromatic heterocycles. The Bertz CT molecular complexity index is 825. The van der Waals surface area contributed by atoms with E-state index in [0.717, 1.165) is 6.07 Å². The molecule has 0 bridgehead atoms. The first-order chi connectivity index (χ1) is 12.3. The summed E-state index contributed by atoms with van der Waals surface area (Å²) >= 11 is 0. The third kappa shape index (κ3) is 3.50. The minimum Gasteiger partial charge on any atom is -0.493 e. The van der Waals surface area contributed by atoms with Gasteiger partial charge in [-0.2, -0.15) is 13.2 Å². The van der Waals surface area contributed by atoms with Crippen LogP contribution in [-0.2, 0) is 10.9 Å². The number of ether oxygens (including phenoxy) is 1. The Labute approximate surface area is 148 Å². The summed E-state index contributed by atoms with van der Waals surface area (Å²) in [7, 11) is 1.51. The number of fused-ring (bicyclic) bond motifs is 1. The minimum absolute atomic E-state index is 0.128. The summed E-state index contributed by atoms with van der Waals surface area (Å²) in [5.74, 6) is 0.891. The predicted octanol–water partition coefficient (Wildman–Crippen LogP) is 3.42. The van der Waals surface area contributed by atoms with Gasteiger partial charge >= 0.3 is 6.18 Å². The molecule has 2 aliphatic rings. The Kier molecular flexibility index (Phi) is 4.86. The van der Waals surface area contributed by atoms with Gasteiger partial charge < -0.3 is 14.7 Å². The fourth-order valence-electron chi connectivity index (χ4n) is 2.84. The van der Waals surface area contributed by atoms with E-state index in [2.05, 4.69) is 9.98 Å². The second-order valence-electron chi connectivity index (χ2n) is 6.01. The zero-order valence-corrected chi connectivity index (χ0v) is 14.3. The van der Waals surface area contributed by atoms with Crippen molar-refractivity contribution in [3.8, 4) is 0 Å². The highest BCUT2D eigenvalue weighted by molar-refractivity contribution is 6.09. The summed E-state index contributed by atoms with van der Waals surface area (Å²) in [5.41, 5.74) is -0.463. The highest BCUT2D eigenvalue weighted by Gasteiger charge is 2.33. The number of halogens is 3. The molecule has 0 amide bonds. The molecule has 1 aromatic carbocycles. The van der Waals surface area contributed by atoms with E-state index >= 15 is 0 Å². The summed E-state index contributed by atoms with van der Waals surface area (Å²) < 4.78 is 44.6. The van der Waals surface area contributed by atoms with Crippen molar-refractivity contribution in [3.05, 3.63) is 53.4 Å². The Hall–Kier alpha value is -2.61. The highest BCUT2D eigenvalue weighted by atomic mass is 19.4. The van der Waals surface area contributed by atoms with Crippen molar-refractivity contribution in [2.45, 2.75) is 13.1 Å². The lowest BCUT2D eigenvalue weighted by Crippen LogP contribution is -2.42. The second-order valence-corrected chi connectivity index (χ2v) is 6.01. The van der Waals surface area contributed by atoms with Crippen molar-refractivity contribution in [3.63, 3.8) is 0 Å². The molecule has 2 aliphatic heterocycles. The number of aliphatic imine (C=N–C) groups is 2. The molecule has 0 aliphatic carbocycles. The molecule has 0 spiro atoms. The Morgan fingerprint density at radius 2 is 2.15 bits per heavy atom. The van der Waals surface area contributed by atoms with Gasteiger partial charge in [-0.3, -0.25) is 0 Å². The predicted molar refractivity (Wildman–Crippen MR) is 92.2 cm³/mol. The average Bonchev–Trinajstić information content (AvgIpc) is 2.61. The first-order valence-corrected chi connectivity index (χ1v) is 7.99. The maximum Gasteiger partial charge on any atom is 0.416 e. The zero-order valence-electron chi connectivity index (χ0n) is 14.3. The summed E-state index contributed by atoms with van der Waals surface area (Å²) in [6.45, 7) is 1.59. The largest absolute Gasteiger partial charge is 0.493 e. The van der Waals surface area contributed by atoms with E-state index in [0.29, 0.717) is 18.1 Å². The molecule has 1 aromatic rings. The van der Waals surface area contributed by atoms with E-state index in [4.69, 9.17) is 4.74 Å². The van der Waals surface area contributed by atoms with Gasteiger partial charge in [0.2, 0.25) is 0 Å². The molecule has 2 heterocycles. The fourth-order valence-corrected chi connectivity index (χ4v) is 2.84. The van der Waals surface area contributed by atoms with Crippen LogP contribution in [-0.4, -0.2) is 41.9 Å². The van der Waals surface area contributed by atoms with Crippen LogP contribution in [0.4, 0.5) is 18.9 Å². The number of allylic oxidation sites excluding steroid dienone is 2. The van der Waals surface area contributed by atoms with Crippen LogP contribution in [0.2, 0.25) is 0 Å². The number of rotatable bonds is 3. The number of methoxy groups -OCH3 is 1. The van der Waals surface area contributed by atoms with Crippen molar-refractivity contribution in [2.75, 3.05) is 20.3 Å². The van der Waals surface area contributed by atoms with Gasteiger partial charge in [-0.15, -0.1) is 0 Å². The number of hydrogen-bond acceptors (Lipinski definition) is 4. The van der Waals surface area contributed by atoms with Crippen LogP contribution in [0, 0.1) is 12.8 Å². The summed E-state index contributed by atoms with van der Waals surface area (Å²) in [6.07, 6.45) is 0.879. The van der Waals surface area contributed by atoms with Gasteiger partial charge in [0.1, 0.15) is 5.84 Å². The number of aliphatic hydroxyl groups is 1. The third-order valence-electron chi connectivity index (χ3n) is 4.22. The van der Waals surface area contributed by atoms with Gasteiger partial charge in [0, 0.05) is 12.7 Å². The minimum atomic E-state index is -4.45. The van der Waals surface area contributed by atoms with E-state index in [1.54, 1.807) is 18.4 Å². The summed E-state index contributed by atoms with van der Waals surface area (Å²) in [6, 6.07) is 3.88. The number of aliphatic hydroxyl groups excluding tert-OH is 1. The number of amidine groups is 2. The fraction of sp³-hybridized carbons (Fsp3) is 0.333. The van der Waals surface area contributed by atoms with Crippen molar-refractivity contribution in [1.82, 2.24) is 4.90 Å². The molecule has 3 rings (SSSR count). The van der Waals surface area contributed by atoms with Gasteiger partial charge in [-0.25, -0.2) is 9.98 Å². The Morgan fingerprint density at radius 3 is 2.81 bits per heavy atom. The first-order valence-electron chi connectivity index (χ1n) is 7.99. The molecule has 5 nitrogen and oxygen atoms in total. The average molecular weight is 365 g/mol. The zero-order chi connectivity index (χ0) is 18.9. The molecule has 1 N–H and O–H groups in total. The lowest BCUT2D eigenvalue weighted by atomic mass is 10.0. The van der Waals surface area contributed by atoms with E-state index in [-0.39, 0.29) is 23.7 Å². The quantitative estimate of drug-likeness (QED) is 0.893. The number of aryl methyl sites for hydroxylation is 1. The molecular formula is C18H18F3N3O2. The SMILES string of the molecule is COC1=CC=CN2CC(CO)C(=Nc3ccc(C)c(C(F)(F)F)c3)N=C12. The number of nitrogens with zero attached hydrogens (tertiary/aromatic N) is 3. The van der Waals surface area contributed by atoms with Gasteiger partial charge in [-0.1, -0.05) is 6.07 Å². The van der Waals surface area contributed by atoms with Gasteiger partial charge in [0.05, 0.1) is 30.9 Å². The number of alkyl halides is 3. The monoisotopic (exact) mass is 365 g/mol. The van der Waals surface area contributed by atoms with Gasteiger partial charge in [0.15, 0.2) is 11.6 Å². The molecule has 138 valence electrons. The van der Waals surface area contributed by atoms with Crippen LogP contribution in [0.3, 0.4) is 0 Å². The van der Waals surface area contributed by atoms with E-state index in [9.17, 15) is 18.3 Å². The summed E-state index contributed by atoms with van der Waals surface area (Å²) in [4.78, 5) is 10.5. The van der Waals surface area contributed by atoms with Crippen molar-refractivity contribution in [2.24, 2.45) is 15.9 Å². The molecule has 0 radical (unpaired) electrons. The highest BCUT2D eigenvalue weighted by Crippen LogP contribution is 2.34. The molecule has 1 unspecified atom stereocenters. The summed E-state index contributed by atoms with van der Waals surface area (Å²) in [5, 5.41) is 9.65. The Morgan fingerprint density at radius 1 is 1.38 bits per heavy atom. The molecule has 8 heteroatoms. The van der Waals surface area contributed by atoms with Crippen LogP contribution >= 0.6 is 0 Å². The smallest absolute Gasteiger partial charge is 0.416 e. The van der Waals surface area contributed by atoms with Crippen molar-refractivity contribution < 1.29 is 23.0 Å². The van der Waals surface area contributed by atoms with E-state index in [1.807, 2.05) is 4.90 Å². The molecule has 1 atom stereocenters. The van der Waals surface area contributed by atoms with Crippen LogP contribution in [0.15, 0.2) is 52.3 Å². The number of hydrogen-bond donors (Lipinski definition) is 1. The lowest BCUT2D eigenvalue weighted by molar-refractivity contribution is -0.138. The lowest BCUT2D eigenvalue weighted by Gasteiger charge is -2.33. The van der Waals surface area contributed by atoms with Crippen LogP contribution in [0.1, 0.15) is 11.1 Å². The van der Waals surface area contributed by atoms with E-state index in [1.165, 1.54) is 26.2 Å². The third-order valence-corrected chi connectivity index (χ3v) is 4.22. The molecule has 0 saturated heterocycles. The molecule has 26 heavy (non-hydrogen) atoms. The maximum absolute atomic E-state index is 13.1. The van der Waals surface area contributed by atoms with Crippen LogP contribution < -0.4 is 0 Å². The molecular weight excluding hydrogens is 347 g/mol. The Balaban J connectivity index is 2.04. The van der Waals surface area contributed by atoms with Gasteiger partial charge in [0.25, 0.3) is 0 Å². The van der Waals surface area contributed by atoms with Crippen molar-refractivity contribution in [1.29, 1.82) is 0 Å². The van der Waals surface area contributed by atoms with E-state index < -0.39 is 17.7 Å². The molecule has 0 fully saturated rings. The topological polar surface area (TPSA) is 57.4 Å². The van der Waals surface area contributed by atoms with Crippen molar-refractivity contribution >= 4 is 17.4 Å². The van der Waals surface area contributed by atoms with Crippen LogP contribution in [0.5, 0.6) is 0 Å². The number of benzene rings is 1. The van der Waals surface area contributed by atoms with Crippen LogP contribution in [0.25, 0.3) is 0 Å². The standard InChI is InChI=1S/C18H18F3N3O2/c1-11-5-6-13(8-14(11)18(19,20)21)22-16-12(10-25)9-24-7-3-4-15(26-2)17(24)23-16/h3-8,12,25H,9-10H2,1-2H3. The maximum atomic E-state index is 13.1. The second kappa shape index (κ2) is 6.95. The normalized spacial score (nSPS) is 21.4. The first kappa shape index (κ1) is 18.2. The molecule has 0 saturated carbocycles.